The summed E-state index contributed by atoms with van der Waals surface area (Å²) >= 11 is 0. The molecule has 22 heavy (non-hydrogen) atoms. The highest BCUT2D eigenvalue weighted by molar-refractivity contribution is 5.41. The minimum Gasteiger partial charge on any atom is -0.392 e. The van der Waals surface area contributed by atoms with E-state index in [1.54, 1.807) is 32.9 Å². The molecule has 0 amide bonds. The third kappa shape index (κ3) is 3.47. The molecule has 3 nitrogen and oxygen atoms in total. The molecule has 3 N–H and O–H groups in total. The minimum absolute atomic E-state index is 0.0344. The van der Waals surface area contributed by atoms with Crippen molar-refractivity contribution in [1.82, 2.24) is 0 Å². The highest BCUT2D eigenvalue weighted by Crippen LogP contribution is 2.50. The first-order valence-electron chi connectivity index (χ1n) is 7.33. The fraction of sp³-hybridized carbons (Fsp3) is 0.647. The summed E-state index contributed by atoms with van der Waals surface area (Å²) in [5.41, 5.74) is -2.01. The Balaban J connectivity index is 3.46. The quantitative estimate of drug-likeness (QED) is 0.552. The number of aliphatic hydroxyl groups excluding tert-OH is 2. The van der Waals surface area contributed by atoms with E-state index in [-0.39, 0.29) is 18.6 Å². The van der Waals surface area contributed by atoms with Crippen LogP contribution in [0.1, 0.15) is 41.0 Å². The second-order valence-corrected chi connectivity index (χ2v) is 6.76. The number of aliphatic hydroxyl groups is 3. The van der Waals surface area contributed by atoms with Crippen LogP contribution in [0.3, 0.4) is 0 Å². The van der Waals surface area contributed by atoms with Gasteiger partial charge in [0.1, 0.15) is 5.60 Å². The maximum absolute atomic E-state index is 13.8. The van der Waals surface area contributed by atoms with Crippen LogP contribution in [-0.4, -0.2) is 39.6 Å². The van der Waals surface area contributed by atoms with Gasteiger partial charge in [0, 0.05) is 17.9 Å². The molecule has 0 spiro atoms. The third-order valence-corrected chi connectivity index (χ3v) is 4.52. The van der Waals surface area contributed by atoms with Crippen LogP contribution in [0.5, 0.6) is 0 Å². The van der Waals surface area contributed by atoms with Gasteiger partial charge >= 0.3 is 0 Å². The van der Waals surface area contributed by atoms with E-state index in [2.05, 4.69) is 0 Å². The molecule has 1 aliphatic carbocycles. The van der Waals surface area contributed by atoms with Gasteiger partial charge in [-0.15, -0.1) is 0 Å². The van der Waals surface area contributed by atoms with E-state index in [9.17, 15) is 19.0 Å². The fourth-order valence-corrected chi connectivity index (χ4v) is 3.14. The molecule has 1 aliphatic rings. The summed E-state index contributed by atoms with van der Waals surface area (Å²) in [6.07, 6.45) is 3.38. The molecular weight excluding hydrogens is 290 g/mol. The zero-order chi connectivity index (χ0) is 17.3. The summed E-state index contributed by atoms with van der Waals surface area (Å²) < 4.78 is 27.7. The Hall–Kier alpha value is -1.04. The van der Waals surface area contributed by atoms with Crippen LogP contribution in [0.2, 0.25) is 0 Å². The predicted octanol–water partition coefficient (Wildman–Crippen LogP) is 2.97. The highest BCUT2D eigenvalue weighted by atomic mass is 19.3. The average molecular weight is 316 g/mol. The molecule has 0 fully saturated rings. The number of allylic oxidation sites excluding steroid dienone is 2. The standard InChI is InChI=1S/C17H26F2O3/c1-11(7-9-20)6-8-17(22)12(2)14(16(5,18)19)13(21)10-15(17,3)4/h6-8,13,20-22H,9-10H2,1-5H3. The number of rotatable bonds is 4. The molecule has 0 aromatic heterocycles. The molecule has 0 heterocycles. The van der Waals surface area contributed by atoms with Crippen molar-refractivity contribution in [3.63, 3.8) is 0 Å². The van der Waals surface area contributed by atoms with Crippen LogP contribution in [0.15, 0.2) is 34.9 Å². The van der Waals surface area contributed by atoms with Gasteiger partial charge in [-0.3, -0.25) is 0 Å². The normalized spacial score (nSPS) is 30.3. The minimum atomic E-state index is -3.20. The van der Waals surface area contributed by atoms with Gasteiger partial charge in [-0.2, -0.15) is 0 Å². The molecule has 0 saturated carbocycles. The molecule has 0 aliphatic heterocycles. The Labute approximate surface area is 130 Å². The monoisotopic (exact) mass is 316 g/mol. The number of halogens is 2. The molecule has 0 radical (unpaired) electrons. The number of alkyl halides is 2. The van der Waals surface area contributed by atoms with Crippen LogP contribution in [0.4, 0.5) is 8.78 Å². The molecular formula is C17H26F2O3. The Morgan fingerprint density at radius 1 is 1.41 bits per heavy atom. The summed E-state index contributed by atoms with van der Waals surface area (Å²) in [6, 6.07) is 0. The van der Waals surface area contributed by atoms with Crippen molar-refractivity contribution in [3.05, 3.63) is 34.9 Å². The first-order valence-corrected chi connectivity index (χ1v) is 7.33. The third-order valence-electron chi connectivity index (χ3n) is 4.52. The molecule has 0 saturated heterocycles. The first-order chi connectivity index (χ1) is 9.87. The van der Waals surface area contributed by atoms with Gasteiger partial charge in [0.25, 0.3) is 5.92 Å². The van der Waals surface area contributed by atoms with Crippen molar-refractivity contribution >= 4 is 0 Å². The van der Waals surface area contributed by atoms with Crippen LogP contribution < -0.4 is 0 Å². The summed E-state index contributed by atoms with van der Waals surface area (Å²) in [5.74, 6) is -3.20. The maximum Gasteiger partial charge on any atom is 0.269 e. The molecule has 2 unspecified atom stereocenters. The predicted molar refractivity (Wildman–Crippen MR) is 82.7 cm³/mol. The molecule has 5 heteroatoms. The van der Waals surface area contributed by atoms with E-state index in [1.165, 1.54) is 13.0 Å². The second kappa shape index (κ2) is 6.22. The van der Waals surface area contributed by atoms with Gasteiger partial charge in [0.15, 0.2) is 0 Å². The van der Waals surface area contributed by atoms with Crippen LogP contribution in [0, 0.1) is 5.41 Å². The molecule has 0 aromatic rings. The van der Waals surface area contributed by atoms with E-state index >= 15 is 0 Å². The van der Waals surface area contributed by atoms with Gasteiger partial charge in [-0.1, -0.05) is 31.6 Å². The Bertz CT molecular complexity index is 512. The SMILES string of the molecule is CC(C=CC1(O)C(C)=C(C(C)(F)F)C(O)CC1(C)C)=CCO. The van der Waals surface area contributed by atoms with Crippen LogP contribution in [-0.2, 0) is 0 Å². The summed E-state index contributed by atoms with van der Waals surface area (Å²) in [4.78, 5) is 0. The van der Waals surface area contributed by atoms with Crippen molar-refractivity contribution in [2.75, 3.05) is 6.61 Å². The Morgan fingerprint density at radius 3 is 2.41 bits per heavy atom. The second-order valence-electron chi connectivity index (χ2n) is 6.76. The van der Waals surface area contributed by atoms with Crippen LogP contribution in [0.25, 0.3) is 0 Å². The molecule has 0 bridgehead atoms. The molecule has 2 atom stereocenters. The van der Waals surface area contributed by atoms with Crippen molar-refractivity contribution in [1.29, 1.82) is 0 Å². The molecule has 1 rings (SSSR count). The van der Waals surface area contributed by atoms with E-state index in [1.807, 2.05) is 0 Å². The lowest BCUT2D eigenvalue weighted by Gasteiger charge is -2.49. The fourth-order valence-electron chi connectivity index (χ4n) is 3.14. The van der Waals surface area contributed by atoms with Crippen molar-refractivity contribution in [3.8, 4) is 0 Å². The zero-order valence-corrected chi connectivity index (χ0v) is 13.8. The molecule has 0 aromatic carbocycles. The van der Waals surface area contributed by atoms with Gasteiger partial charge in [-0.05, 0) is 31.9 Å². The topological polar surface area (TPSA) is 60.7 Å². The lowest BCUT2D eigenvalue weighted by molar-refractivity contribution is -0.0566. The lowest BCUT2D eigenvalue weighted by Crippen LogP contribution is -2.52. The van der Waals surface area contributed by atoms with E-state index < -0.39 is 28.6 Å². The smallest absolute Gasteiger partial charge is 0.269 e. The van der Waals surface area contributed by atoms with Gasteiger partial charge < -0.3 is 15.3 Å². The summed E-state index contributed by atoms with van der Waals surface area (Å²) in [6.45, 7) is 7.25. The van der Waals surface area contributed by atoms with Gasteiger partial charge in [0.2, 0.25) is 0 Å². The largest absolute Gasteiger partial charge is 0.392 e. The summed E-state index contributed by atoms with van der Waals surface area (Å²) in [5, 5.41) is 30.0. The highest BCUT2D eigenvalue weighted by Gasteiger charge is 2.53. The lowest BCUT2D eigenvalue weighted by atomic mass is 9.61. The zero-order valence-electron chi connectivity index (χ0n) is 13.8. The number of hydrogen-bond acceptors (Lipinski definition) is 3. The summed E-state index contributed by atoms with van der Waals surface area (Å²) in [7, 11) is 0. The van der Waals surface area contributed by atoms with E-state index in [0.717, 1.165) is 12.5 Å². The van der Waals surface area contributed by atoms with Crippen molar-refractivity contribution in [2.45, 2.75) is 58.7 Å². The van der Waals surface area contributed by atoms with Gasteiger partial charge in [0.05, 0.1) is 12.7 Å². The van der Waals surface area contributed by atoms with Crippen LogP contribution >= 0.6 is 0 Å². The number of hydrogen-bond donors (Lipinski definition) is 3. The van der Waals surface area contributed by atoms with Gasteiger partial charge in [-0.25, -0.2) is 8.78 Å². The molecule has 126 valence electrons. The first kappa shape index (κ1) is 19.0. The Kier molecular flexibility index (Phi) is 5.38. The average Bonchev–Trinajstić information content (AvgIpc) is 2.32. The van der Waals surface area contributed by atoms with E-state index in [4.69, 9.17) is 5.11 Å². The van der Waals surface area contributed by atoms with Crippen molar-refractivity contribution in [2.24, 2.45) is 5.41 Å². The Morgan fingerprint density at radius 2 is 1.95 bits per heavy atom. The van der Waals surface area contributed by atoms with E-state index in [0.29, 0.717) is 0 Å². The maximum atomic E-state index is 13.8. The van der Waals surface area contributed by atoms with Crippen molar-refractivity contribution < 1.29 is 24.1 Å².